The molecular weight excluding hydrogens is 256 g/mol. The number of carbonyl (C=O) groups is 1. The van der Waals surface area contributed by atoms with E-state index in [1.54, 1.807) is 0 Å². The Kier molecular flexibility index (Phi) is 3.63. The first-order chi connectivity index (χ1) is 9.65. The van der Waals surface area contributed by atoms with E-state index in [-0.39, 0.29) is 5.92 Å². The van der Waals surface area contributed by atoms with Gasteiger partial charge in [0, 0.05) is 38.0 Å². The van der Waals surface area contributed by atoms with Crippen LogP contribution in [0.1, 0.15) is 51.3 Å². The van der Waals surface area contributed by atoms with E-state index < -0.39 is 0 Å². The summed E-state index contributed by atoms with van der Waals surface area (Å²) < 4.78 is 5.33. The molecule has 0 bridgehead atoms. The van der Waals surface area contributed by atoms with Crippen LogP contribution in [0.3, 0.4) is 0 Å². The van der Waals surface area contributed by atoms with Crippen LogP contribution in [-0.2, 0) is 4.79 Å². The van der Waals surface area contributed by atoms with Crippen molar-refractivity contribution < 1.29 is 9.32 Å². The molecule has 0 aromatic carbocycles. The highest BCUT2D eigenvalue weighted by atomic mass is 16.5. The van der Waals surface area contributed by atoms with Crippen LogP contribution >= 0.6 is 0 Å². The van der Waals surface area contributed by atoms with Gasteiger partial charge in [0.1, 0.15) is 0 Å². The summed E-state index contributed by atoms with van der Waals surface area (Å²) in [5.41, 5.74) is 0. The predicted molar refractivity (Wildman–Crippen MR) is 74.6 cm³/mol. The summed E-state index contributed by atoms with van der Waals surface area (Å²) >= 11 is 0. The molecule has 1 amide bonds. The lowest BCUT2D eigenvalue weighted by atomic mass is 10.0. The molecular formula is C14H22N4O2. The molecule has 2 aliphatic rings. The fourth-order valence-electron chi connectivity index (χ4n) is 3.01. The van der Waals surface area contributed by atoms with Crippen LogP contribution in [0.2, 0.25) is 0 Å². The Morgan fingerprint density at radius 3 is 2.55 bits per heavy atom. The Morgan fingerprint density at radius 1 is 1.25 bits per heavy atom. The maximum atomic E-state index is 11.8. The standard InChI is InChI=1S/C14H22N4O2/c1-10(2)13-15-14(20-16-13)17-8-5-11(6-9-17)18-7-3-4-12(18)19/h10-11H,3-9H2,1-2H3. The summed E-state index contributed by atoms with van der Waals surface area (Å²) in [5, 5.41) is 4.01. The Labute approximate surface area is 119 Å². The fraction of sp³-hybridized carbons (Fsp3) is 0.786. The lowest BCUT2D eigenvalue weighted by Crippen LogP contribution is -2.45. The van der Waals surface area contributed by atoms with Gasteiger partial charge in [-0.1, -0.05) is 19.0 Å². The summed E-state index contributed by atoms with van der Waals surface area (Å²) in [6, 6.07) is 1.02. The highest BCUT2D eigenvalue weighted by Crippen LogP contribution is 2.25. The zero-order chi connectivity index (χ0) is 14.1. The number of likely N-dealkylation sites (tertiary alicyclic amines) is 1. The molecule has 20 heavy (non-hydrogen) atoms. The van der Waals surface area contributed by atoms with Gasteiger partial charge in [0.05, 0.1) is 0 Å². The molecule has 110 valence electrons. The van der Waals surface area contributed by atoms with E-state index in [0.29, 0.717) is 18.0 Å². The molecule has 6 heteroatoms. The van der Waals surface area contributed by atoms with E-state index >= 15 is 0 Å². The van der Waals surface area contributed by atoms with Crippen LogP contribution in [0, 0.1) is 0 Å². The fourth-order valence-corrected chi connectivity index (χ4v) is 3.01. The Morgan fingerprint density at radius 2 is 2.00 bits per heavy atom. The molecule has 0 radical (unpaired) electrons. The highest BCUT2D eigenvalue weighted by Gasteiger charge is 2.31. The third-order valence-corrected chi connectivity index (χ3v) is 4.23. The van der Waals surface area contributed by atoms with Crippen molar-refractivity contribution in [3.8, 4) is 0 Å². The van der Waals surface area contributed by atoms with Crippen molar-refractivity contribution in [2.75, 3.05) is 24.5 Å². The molecule has 0 unspecified atom stereocenters. The van der Waals surface area contributed by atoms with Gasteiger partial charge in [0.25, 0.3) is 0 Å². The second-order valence-corrected chi connectivity index (χ2v) is 6.00. The Balaban J connectivity index is 1.59. The van der Waals surface area contributed by atoms with Crippen LogP contribution < -0.4 is 4.90 Å². The van der Waals surface area contributed by atoms with Crippen LogP contribution in [0.5, 0.6) is 0 Å². The van der Waals surface area contributed by atoms with Crippen LogP contribution in [0.25, 0.3) is 0 Å². The van der Waals surface area contributed by atoms with Crippen molar-refractivity contribution in [1.82, 2.24) is 15.0 Å². The number of nitrogens with zero attached hydrogens (tertiary/aromatic N) is 4. The van der Waals surface area contributed by atoms with E-state index in [1.165, 1.54) is 0 Å². The van der Waals surface area contributed by atoms with Gasteiger partial charge >= 0.3 is 6.01 Å². The average molecular weight is 278 g/mol. The monoisotopic (exact) mass is 278 g/mol. The summed E-state index contributed by atoms with van der Waals surface area (Å²) in [7, 11) is 0. The second kappa shape index (κ2) is 5.42. The average Bonchev–Trinajstić information content (AvgIpc) is 3.07. The summed E-state index contributed by atoms with van der Waals surface area (Å²) in [5.74, 6) is 1.37. The summed E-state index contributed by atoms with van der Waals surface area (Å²) in [4.78, 5) is 20.4. The molecule has 0 saturated carbocycles. The molecule has 3 rings (SSSR count). The molecule has 2 fully saturated rings. The van der Waals surface area contributed by atoms with Crippen molar-refractivity contribution >= 4 is 11.9 Å². The number of anilines is 1. The number of aromatic nitrogens is 2. The molecule has 2 saturated heterocycles. The van der Waals surface area contributed by atoms with Gasteiger partial charge in [-0.2, -0.15) is 4.98 Å². The Bertz CT molecular complexity index is 477. The smallest absolute Gasteiger partial charge is 0.324 e. The number of amides is 1. The number of hydrogen-bond donors (Lipinski definition) is 0. The maximum Gasteiger partial charge on any atom is 0.324 e. The van der Waals surface area contributed by atoms with E-state index in [1.807, 2.05) is 0 Å². The second-order valence-electron chi connectivity index (χ2n) is 6.00. The SMILES string of the molecule is CC(C)c1noc(N2CCC(N3CCCC3=O)CC2)n1. The topological polar surface area (TPSA) is 62.5 Å². The van der Waals surface area contributed by atoms with Gasteiger partial charge in [0.2, 0.25) is 5.91 Å². The lowest BCUT2D eigenvalue weighted by Gasteiger charge is -2.35. The van der Waals surface area contributed by atoms with Crippen molar-refractivity contribution in [2.24, 2.45) is 0 Å². The molecule has 0 N–H and O–H groups in total. The van der Waals surface area contributed by atoms with Crippen LogP contribution in [-0.4, -0.2) is 46.6 Å². The first-order valence-corrected chi connectivity index (χ1v) is 7.53. The number of rotatable bonds is 3. The number of piperidine rings is 1. The van der Waals surface area contributed by atoms with Crippen LogP contribution in [0.15, 0.2) is 4.52 Å². The van der Waals surface area contributed by atoms with Crippen molar-refractivity contribution in [2.45, 2.75) is 51.5 Å². The van der Waals surface area contributed by atoms with E-state index in [0.717, 1.165) is 51.1 Å². The third-order valence-electron chi connectivity index (χ3n) is 4.23. The van der Waals surface area contributed by atoms with Gasteiger partial charge < -0.3 is 14.3 Å². The van der Waals surface area contributed by atoms with Crippen molar-refractivity contribution in [1.29, 1.82) is 0 Å². The van der Waals surface area contributed by atoms with Gasteiger partial charge in [-0.3, -0.25) is 4.79 Å². The number of carbonyl (C=O) groups excluding carboxylic acids is 1. The van der Waals surface area contributed by atoms with Gasteiger partial charge in [-0.05, 0) is 19.3 Å². The lowest BCUT2D eigenvalue weighted by molar-refractivity contribution is -0.130. The molecule has 3 heterocycles. The minimum Gasteiger partial charge on any atom is -0.340 e. The summed E-state index contributed by atoms with van der Waals surface area (Å²) in [6.07, 6.45) is 3.72. The maximum absolute atomic E-state index is 11.8. The largest absolute Gasteiger partial charge is 0.340 e. The molecule has 1 aromatic heterocycles. The molecule has 0 atom stereocenters. The Hall–Kier alpha value is -1.59. The molecule has 6 nitrogen and oxygen atoms in total. The van der Waals surface area contributed by atoms with Gasteiger partial charge in [0.15, 0.2) is 5.82 Å². The highest BCUT2D eigenvalue weighted by molar-refractivity contribution is 5.78. The van der Waals surface area contributed by atoms with E-state index in [9.17, 15) is 4.79 Å². The minimum absolute atomic E-state index is 0.285. The normalized spacial score (nSPS) is 21.2. The van der Waals surface area contributed by atoms with E-state index in [4.69, 9.17) is 4.52 Å². The van der Waals surface area contributed by atoms with E-state index in [2.05, 4.69) is 33.8 Å². The first kappa shape index (κ1) is 13.4. The molecule has 1 aromatic rings. The molecule has 0 spiro atoms. The third kappa shape index (κ3) is 2.51. The minimum atomic E-state index is 0.285. The first-order valence-electron chi connectivity index (χ1n) is 7.53. The molecule has 0 aliphatic carbocycles. The number of hydrogen-bond acceptors (Lipinski definition) is 5. The van der Waals surface area contributed by atoms with Crippen LogP contribution in [0.4, 0.5) is 6.01 Å². The van der Waals surface area contributed by atoms with Gasteiger partial charge in [-0.25, -0.2) is 0 Å². The van der Waals surface area contributed by atoms with Gasteiger partial charge in [-0.15, -0.1) is 0 Å². The molecule has 2 aliphatic heterocycles. The zero-order valence-corrected chi connectivity index (χ0v) is 12.2. The summed E-state index contributed by atoms with van der Waals surface area (Å²) in [6.45, 7) is 6.81. The predicted octanol–water partition coefficient (Wildman–Crippen LogP) is 1.78. The quantitative estimate of drug-likeness (QED) is 0.843. The van der Waals surface area contributed by atoms with Crippen molar-refractivity contribution in [3.63, 3.8) is 0 Å². The zero-order valence-electron chi connectivity index (χ0n) is 12.2. The van der Waals surface area contributed by atoms with Crippen molar-refractivity contribution in [3.05, 3.63) is 5.82 Å².